The van der Waals surface area contributed by atoms with E-state index in [9.17, 15) is 4.79 Å². The number of nitrogens with two attached hydrogens (primary N) is 1. The molecular formula is C9H14N2O2. The molecule has 4 nitrogen and oxygen atoms in total. The van der Waals surface area contributed by atoms with Crippen molar-refractivity contribution in [3.05, 3.63) is 0 Å². The Labute approximate surface area is 78.0 Å². The highest BCUT2D eigenvalue weighted by Gasteiger charge is 2.22. The maximum absolute atomic E-state index is 11.0. The summed E-state index contributed by atoms with van der Waals surface area (Å²) in [4.78, 5) is 12.5. The molecule has 2 N–H and O–H groups in total. The maximum atomic E-state index is 11.0. The minimum atomic E-state index is -0.440. The maximum Gasteiger partial charge on any atom is 0.315 e. The van der Waals surface area contributed by atoms with Gasteiger partial charge in [0.15, 0.2) is 0 Å². The van der Waals surface area contributed by atoms with E-state index in [1.165, 1.54) is 4.90 Å². The zero-order valence-corrected chi connectivity index (χ0v) is 7.53. The molecule has 0 spiro atoms. The molecule has 1 fully saturated rings. The van der Waals surface area contributed by atoms with Crippen molar-refractivity contribution in [2.75, 3.05) is 19.8 Å². The molecule has 1 heterocycles. The van der Waals surface area contributed by atoms with Gasteiger partial charge in [-0.2, -0.15) is 0 Å². The fraction of sp³-hybridized carbons (Fsp3) is 0.667. The number of carbonyl (C=O) groups is 1. The molecule has 1 saturated heterocycles. The molecule has 13 heavy (non-hydrogen) atoms. The van der Waals surface area contributed by atoms with E-state index >= 15 is 0 Å². The van der Waals surface area contributed by atoms with Crippen LogP contribution in [0.25, 0.3) is 0 Å². The van der Waals surface area contributed by atoms with Gasteiger partial charge in [-0.25, -0.2) is 4.79 Å². The Balaban J connectivity index is 2.52. The molecule has 0 saturated carbocycles. The van der Waals surface area contributed by atoms with Crippen molar-refractivity contribution in [2.45, 2.75) is 18.9 Å². The van der Waals surface area contributed by atoms with Crippen molar-refractivity contribution in [2.24, 2.45) is 5.73 Å². The van der Waals surface area contributed by atoms with E-state index in [0.717, 1.165) is 12.8 Å². The first kappa shape index (κ1) is 9.87. The summed E-state index contributed by atoms with van der Waals surface area (Å²) in [6.45, 7) is 1.65. The van der Waals surface area contributed by atoms with Crippen molar-refractivity contribution in [1.82, 2.24) is 4.90 Å². The Morgan fingerprint density at radius 1 is 1.62 bits per heavy atom. The number of nitrogens with zero attached hydrogens (tertiary/aromatic N) is 1. The molecule has 0 radical (unpaired) electrons. The number of hydrogen-bond donors (Lipinski definition) is 1. The van der Waals surface area contributed by atoms with Crippen molar-refractivity contribution < 1.29 is 9.53 Å². The minimum Gasteiger partial charge on any atom is -0.381 e. The molecule has 0 bridgehead atoms. The van der Waals surface area contributed by atoms with Gasteiger partial charge in [-0.1, -0.05) is 5.92 Å². The summed E-state index contributed by atoms with van der Waals surface area (Å²) in [5.74, 6) is 2.43. The largest absolute Gasteiger partial charge is 0.381 e. The summed E-state index contributed by atoms with van der Waals surface area (Å²) in [7, 11) is 0. The van der Waals surface area contributed by atoms with Crippen LogP contribution in [0, 0.1) is 12.3 Å². The second kappa shape index (κ2) is 4.73. The third-order valence-electron chi connectivity index (χ3n) is 2.18. The number of urea groups is 1. The summed E-state index contributed by atoms with van der Waals surface area (Å²) >= 11 is 0. The topological polar surface area (TPSA) is 55.6 Å². The summed E-state index contributed by atoms with van der Waals surface area (Å²) in [6, 6.07) is -0.285. The van der Waals surface area contributed by atoms with Crippen LogP contribution in [0.2, 0.25) is 0 Å². The van der Waals surface area contributed by atoms with Gasteiger partial charge in [-0.15, -0.1) is 6.42 Å². The molecule has 0 unspecified atom stereocenters. The summed E-state index contributed by atoms with van der Waals surface area (Å²) in [5.41, 5.74) is 5.20. The molecular weight excluding hydrogens is 168 g/mol. The fourth-order valence-electron chi connectivity index (χ4n) is 1.48. The number of terminal acetylenes is 1. The number of ether oxygens (including phenoxy) is 1. The van der Waals surface area contributed by atoms with Gasteiger partial charge in [-0.05, 0) is 12.8 Å². The first-order valence-electron chi connectivity index (χ1n) is 4.33. The van der Waals surface area contributed by atoms with Gasteiger partial charge in [0.25, 0.3) is 0 Å². The highest BCUT2D eigenvalue weighted by molar-refractivity contribution is 5.72. The normalized spacial score (nSPS) is 17.8. The second-order valence-corrected chi connectivity index (χ2v) is 3.01. The third kappa shape index (κ3) is 2.63. The molecule has 0 aromatic carbocycles. The van der Waals surface area contributed by atoms with E-state index in [1.54, 1.807) is 0 Å². The molecule has 0 aromatic rings. The SMILES string of the molecule is C#CCN(C(N)=O)C1CCOCC1. The highest BCUT2D eigenvalue weighted by Crippen LogP contribution is 2.13. The standard InChI is InChI=1S/C9H14N2O2/c1-2-5-11(9(10)12)8-3-6-13-7-4-8/h1,8H,3-7H2,(H2,10,12). The van der Waals surface area contributed by atoms with Gasteiger partial charge in [0.2, 0.25) is 0 Å². The number of amides is 2. The molecule has 1 aliphatic rings. The van der Waals surface area contributed by atoms with Crippen LogP contribution < -0.4 is 5.73 Å². The lowest BCUT2D eigenvalue weighted by Gasteiger charge is -2.31. The van der Waals surface area contributed by atoms with Crippen LogP contribution in [0.4, 0.5) is 4.79 Å². The third-order valence-corrected chi connectivity index (χ3v) is 2.18. The summed E-state index contributed by atoms with van der Waals surface area (Å²) in [6.07, 6.45) is 6.79. The Hall–Kier alpha value is -1.21. The predicted molar refractivity (Wildman–Crippen MR) is 49.0 cm³/mol. The van der Waals surface area contributed by atoms with Crippen LogP contribution in [0.1, 0.15) is 12.8 Å². The molecule has 0 aromatic heterocycles. The smallest absolute Gasteiger partial charge is 0.315 e. The van der Waals surface area contributed by atoms with Gasteiger partial charge in [0.05, 0.1) is 6.54 Å². The van der Waals surface area contributed by atoms with E-state index in [4.69, 9.17) is 16.9 Å². The number of hydrogen-bond acceptors (Lipinski definition) is 2. The Kier molecular flexibility index (Phi) is 3.59. The molecule has 72 valence electrons. The Morgan fingerprint density at radius 3 is 2.69 bits per heavy atom. The van der Waals surface area contributed by atoms with Gasteiger partial charge in [0.1, 0.15) is 0 Å². The second-order valence-electron chi connectivity index (χ2n) is 3.01. The van der Waals surface area contributed by atoms with Crippen molar-refractivity contribution in [3.63, 3.8) is 0 Å². The van der Waals surface area contributed by atoms with Crippen LogP contribution in [0.15, 0.2) is 0 Å². The van der Waals surface area contributed by atoms with E-state index in [2.05, 4.69) is 5.92 Å². The van der Waals surface area contributed by atoms with Gasteiger partial charge < -0.3 is 15.4 Å². The van der Waals surface area contributed by atoms with E-state index in [0.29, 0.717) is 19.8 Å². The average molecular weight is 182 g/mol. The van der Waals surface area contributed by atoms with Gasteiger partial charge >= 0.3 is 6.03 Å². The molecule has 1 rings (SSSR count). The lowest BCUT2D eigenvalue weighted by Crippen LogP contribution is -2.46. The van der Waals surface area contributed by atoms with Crippen molar-refractivity contribution >= 4 is 6.03 Å². The van der Waals surface area contributed by atoms with E-state index < -0.39 is 6.03 Å². The zero-order valence-electron chi connectivity index (χ0n) is 7.53. The lowest BCUT2D eigenvalue weighted by atomic mass is 10.1. The van der Waals surface area contributed by atoms with Crippen LogP contribution in [0.3, 0.4) is 0 Å². The van der Waals surface area contributed by atoms with Crippen molar-refractivity contribution in [3.8, 4) is 12.3 Å². The van der Waals surface area contributed by atoms with E-state index in [1.807, 2.05) is 0 Å². The Morgan fingerprint density at radius 2 is 2.23 bits per heavy atom. The monoisotopic (exact) mass is 182 g/mol. The summed E-state index contributed by atoms with van der Waals surface area (Å²) in [5, 5.41) is 0. The predicted octanol–water partition coefficient (Wildman–Crippen LogP) is 0.179. The van der Waals surface area contributed by atoms with Crippen LogP contribution in [-0.2, 0) is 4.74 Å². The number of primary amides is 1. The van der Waals surface area contributed by atoms with Crippen LogP contribution >= 0.6 is 0 Å². The molecule has 1 aliphatic heterocycles. The van der Waals surface area contributed by atoms with Crippen LogP contribution in [-0.4, -0.2) is 36.7 Å². The van der Waals surface area contributed by atoms with Crippen LogP contribution in [0.5, 0.6) is 0 Å². The molecule has 0 atom stereocenters. The van der Waals surface area contributed by atoms with Gasteiger partial charge in [0, 0.05) is 19.3 Å². The highest BCUT2D eigenvalue weighted by atomic mass is 16.5. The zero-order chi connectivity index (χ0) is 9.68. The first-order valence-corrected chi connectivity index (χ1v) is 4.33. The fourth-order valence-corrected chi connectivity index (χ4v) is 1.48. The number of rotatable bonds is 2. The quantitative estimate of drug-likeness (QED) is 0.619. The average Bonchev–Trinajstić information content (AvgIpc) is 2.15. The summed E-state index contributed by atoms with van der Waals surface area (Å²) < 4.78 is 5.18. The minimum absolute atomic E-state index is 0.155. The molecule has 2 amide bonds. The molecule has 4 heteroatoms. The molecule has 0 aliphatic carbocycles. The van der Waals surface area contributed by atoms with Crippen molar-refractivity contribution in [1.29, 1.82) is 0 Å². The van der Waals surface area contributed by atoms with Gasteiger partial charge in [-0.3, -0.25) is 0 Å². The first-order chi connectivity index (χ1) is 6.25. The lowest BCUT2D eigenvalue weighted by molar-refractivity contribution is 0.0508. The Bertz CT molecular complexity index is 216. The van der Waals surface area contributed by atoms with E-state index in [-0.39, 0.29) is 6.04 Å². The number of carbonyl (C=O) groups excluding carboxylic acids is 1.